The Morgan fingerprint density at radius 3 is 2.22 bits per heavy atom. The topological polar surface area (TPSA) is 46.3 Å². The van der Waals surface area contributed by atoms with Crippen molar-refractivity contribution < 1.29 is 4.79 Å². The second-order valence-electron chi connectivity index (χ2n) is 6.61. The molecule has 0 aromatic heterocycles. The Hall–Kier alpha value is -0.570. The number of amides is 1. The fourth-order valence-electron chi connectivity index (χ4n) is 2.53. The first kappa shape index (κ1) is 15.5. The van der Waals surface area contributed by atoms with Gasteiger partial charge in [0.05, 0.1) is 0 Å². The summed E-state index contributed by atoms with van der Waals surface area (Å²) in [7, 11) is 0. The van der Waals surface area contributed by atoms with Crippen LogP contribution in [-0.2, 0) is 4.79 Å². The number of hydrogen-bond acceptors (Lipinski definition) is 2. The molecule has 0 bridgehead atoms. The summed E-state index contributed by atoms with van der Waals surface area (Å²) in [5, 5.41) is 0. The van der Waals surface area contributed by atoms with Gasteiger partial charge in [-0.2, -0.15) is 0 Å². The van der Waals surface area contributed by atoms with Crippen molar-refractivity contribution in [2.24, 2.45) is 23.5 Å². The van der Waals surface area contributed by atoms with E-state index in [0.717, 1.165) is 13.0 Å². The molecule has 1 saturated carbocycles. The zero-order valence-corrected chi connectivity index (χ0v) is 12.5. The number of carbonyl (C=O) groups excluding carboxylic acids is 1. The maximum atomic E-state index is 12.4. The molecule has 1 aliphatic carbocycles. The fourth-order valence-corrected chi connectivity index (χ4v) is 2.53. The minimum atomic E-state index is 0.322. The first-order valence-electron chi connectivity index (χ1n) is 7.43. The van der Waals surface area contributed by atoms with E-state index in [4.69, 9.17) is 5.73 Å². The summed E-state index contributed by atoms with van der Waals surface area (Å²) in [6.45, 7) is 10.3. The van der Waals surface area contributed by atoms with E-state index in [2.05, 4.69) is 32.6 Å². The summed E-state index contributed by atoms with van der Waals surface area (Å²) < 4.78 is 0. The molecule has 2 N–H and O–H groups in total. The molecule has 106 valence electrons. The van der Waals surface area contributed by atoms with Crippen molar-refractivity contribution in [1.82, 2.24) is 4.90 Å². The number of nitrogens with zero attached hydrogens (tertiary/aromatic N) is 1. The number of hydrogen-bond donors (Lipinski definition) is 1. The molecular weight excluding hydrogens is 224 g/mol. The van der Waals surface area contributed by atoms with Crippen LogP contribution in [-0.4, -0.2) is 29.9 Å². The van der Waals surface area contributed by atoms with E-state index in [-0.39, 0.29) is 0 Å². The first-order chi connectivity index (χ1) is 8.43. The van der Waals surface area contributed by atoms with Gasteiger partial charge in [0.2, 0.25) is 5.91 Å². The van der Waals surface area contributed by atoms with E-state index >= 15 is 0 Å². The van der Waals surface area contributed by atoms with Crippen LogP contribution in [0, 0.1) is 17.8 Å². The second kappa shape index (κ2) is 7.13. The van der Waals surface area contributed by atoms with Crippen LogP contribution in [0.3, 0.4) is 0 Å². The lowest BCUT2D eigenvalue weighted by Crippen LogP contribution is -2.38. The Kier molecular flexibility index (Phi) is 6.13. The Morgan fingerprint density at radius 2 is 1.83 bits per heavy atom. The third-order valence-corrected chi connectivity index (χ3v) is 3.47. The smallest absolute Gasteiger partial charge is 0.223 e. The van der Waals surface area contributed by atoms with Gasteiger partial charge in [0.15, 0.2) is 0 Å². The molecule has 0 saturated heterocycles. The molecule has 1 fully saturated rings. The van der Waals surface area contributed by atoms with Gasteiger partial charge < -0.3 is 10.6 Å². The number of carbonyl (C=O) groups is 1. The largest absolute Gasteiger partial charge is 0.339 e. The summed E-state index contributed by atoms with van der Waals surface area (Å²) in [5.41, 5.74) is 5.79. The zero-order chi connectivity index (χ0) is 13.7. The van der Waals surface area contributed by atoms with Crippen molar-refractivity contribution in [3.05, 3.63) is 0 Å². The zero-order valence-electron chi connectivity index (χ0n) is 12.5. The second-order valence-corrected chi connectivity index (χ2v) is 6.61. The summed E-state index contributed by atoms with van der Waals surface area (Å²) in [5.74, 6) is 1.84. The van der Waals surface area contributed by atoms with Crippen molar-refractivity contribution in [1.29, 1.82) is 0 Å². The average Bonchev–Trinajstić information content (AvgIpc) is 3.07. The van der Waals surface area contributed by atoms with Crippen LogP contribution in [0.4, 0.5) is 0 Å². The average molecular weight is 254 g/mol. The molecular formula is C15H30N2O. The molecule has 0 aromatic carbocycles. The molecule has 0 radical (unpaired) electrons. The minimum absolute atomic E-state index is 0.322. The van der Waals surface area contributed by atoms with E-state index in [1.54, 1.807) is 0 Å². The molecule has 1 amide bonds. The van der Waals surface area contributed by atoms with Crippen LogP contribution in [0.1, 0.15) is 53.4 Å². The number of rotatable bonds is 8. The molecule has 1 atom stereocenters. The van der Waals surface area contributed by atoms with Gasteiger partial charge in [0.25, 0.3) is 0 Å². The Labute approximate surface area is 112 Å². The van der Waals surface area contributed by atoms with Gasteiger partial charge in [0.1, 0.15) is 0 Å². The van der Waals surface area contributed by atoms with Crippen LogP contribution >= 0.6 is 0 Å². The van der Waals surface area contributed by atoms with Gasteiger partial charge in [0, 0.05) is 19.0 Å². The van der Waals surface area contributed by atoms with Gasteiger partial charge in [-0.25, -0.2) is 0 Å². The van der Waals surface area contributed by atoms with Crippen molar-refractivity contribution in [2.45, 2.75) is 59.4 Å². The van der Waals surface area contributed by atoms with Crippen LogP contribution < -0.4 is 5.73 Å². The van der Waals surface area contributed by atoms with Crippen molar-refractivity contribution in [3.63, 3.8) is 0 Å². The predicted molar refractivity (Wildman–Crippen MR) is 76.2 cm³/mol. The Morgan fingerprint density at radius 1 is 1.22 bits per heavy atom. The SMILES string of the molecule is CC(C)C[C@H](CN)CC(=O)N(CC(C)C)C1CC1. The van der Waals surface area contributed by atoms with Gasteiger partial charge in [-0.3, -0.25) is 4.79 Å². The summed E-state index contributed by atoms with van der Waals surface area (Å²) in [6.07, 6.45) is 4.08. The summed E-state index contributed by atoms with van der Waals surface area (Å²) >= 11 is 0. The summed E-state index contributed by atoms with van der Waals surface area (Å²) in [6, 6.07) is 0.525. The molecule has 3 nitrogen and oxygen atoms in total. The highest BCUT2D eigenvalue weighted by Gasteiger charge is 2.33. The molecule has 18 heavy (non-hydrogen) atoms. The van der Waals surface area contributed by atoms with Crippen LogP contribution in [0.5, 0.6) is 0 Å². The van der Waals surface area contributed by atoms with E-state index in [1.165, 1.54) is 12.8 Å². The monoisotopic (exact) mass is 254 g/mol. The van der Waals surface area contributed by atoms with Gasteiger partial charge in [-0.1, -0.05) is 27.7 Å². The lowest BCUT2D eigenvalue weighted by atomic mass is 9.93. The molecule has 1 rings (SSSR count). The van der Waals surface area contributed by atoms with E-state index in [0.29, 0.717) is 42.7 Å². The highest BCUT2D eigenvalue weighted by Crippen LogP contribution is 2.29. The molecule has 0 heterocycles. The van der Waals surface area contributed by atoms with Crippen molar-refractivity contribution >= 4 is 5.91 Å². The molecule has 0 spiro atoms. The Bertz CT molecular complexity index is 259. The van der Waals surface area contributed by atoms with Gasteiger partial charge in [-0.05, 0) is 43.6 Å². The maximum absolute atomic E-state index is 12.4. The molecule has 0 aliphatic heterocycles. The minimum Gasteiger partial charge on any atom is -0.339 e. The standard InChI is InChI=1S/C15H30N2O/c1-11(2)7-13(9-16)8-15(18)17(10-12(3)4)14-5-6-14/h11-14H,5-10,16H2,1-4H3/t13-/m0/s1. The lowest BCUT2D eigenvalue weighted by molar-refractivity contribution is -0.133. The first-order valence-corrected chi connectivity index (χ1v) is 7.43. The van der Waals surface area contributed by atoms with Crippen molar-refractivity contribution in [3.8, 4) is 0 Å². The molecule has 0 unspecified atom stereocenters. The predicted octanol–water partition coefficient (Wildman–Crippen LogP) is 2.64. The molecule has 3 heteroatoms. The third-order valence-electron chi connectivity index (χ3n) is 3.47. The quantitative estimate of drug-likeness (QED) is 0.724. The van der Waals surface area contributed by atoms with E-state index in [1.807, 2.05) is 0 Å². The maximum Gasteiger partial charge on any atom is 0.223 e. The van der Waals surface area contributed by atoms with E-state index < -0.39 is 0 Å². The fraction of sp³-hybridized carbons (Fsp3) is 0.933. The van der Waals surface area contributed by atoms with Crippen molar-refractivity contribution in [2.75, 3.05) is 13.1 Å². The normalized spacial score (nSPS) is 17.3. The lowest BCUT2D eigenvalue weighted by Gasteiger charge is -2.27. The molecule has 1 aliphatic rings. The number of nitrogens with two attached hydrogens (primary N) is 1. The Balaban J connectivity index is 2.48. The highest BCUT2D eigenvalue weighted by molar-refractivity contribution is 5.77. The van der Waals surface area contributed by atoms with Crippen LogP contribution in [0.2, 0.25) is 0 Å². The van der Waals surface area contributed by atoms with Gasteiger partial charge in [-0.15, -0.1) is 0 Å². The highest BCUT2D eigenvalue weighted by atomic mass is 16.2. The van der Waals surface area contributed by atoms with Crippen LogP contribution in [0.25, 0.3) is 0 Å². The summed E-state index contributed by atoms with van der Waals surface area (Å²) in [4.78, 5) is 14.5. The van der Waals surface area contributed by atoms with Crippen LogP contribution in [0.15, 0.2) is 0 Å². The third kappa shape index (κ3) is 5.38. The van der Waals surface area contributed by atoms with E-state index in [9.17, 15) is 4.79 Å². The molecule has 0 aromatic rings. The van der Waals surface area contributed by atoms with Gasteiger partial charge >= 0.3 is 0 Å².